The van der Waals surface area contributed by atoms with Gasteiger partial charge in [0, 0.05) is 12.0 Å². The second kappa shape index (κ2) is 11.0. The van der Waals surface area contributed by atoms with Gasteiger partial charge in [-0.05, 0) is 35.8 Å². The summed E-state index contributed by atoms with van der Waals surface area (Å²) in [7, 11) is 0. The number of aliphatic hydroxyl groups is 4. The first-order valence-corrected chi connectivity index (χ1v) is 11.5. The predicted molar refractivity (Wildman–Crippen MR) is 123 cm³/mol. The van der Waals surface area contributed by atoms with Crippen molar-refractivity contribution in [1.29, 1.82) is 0 Å². The van der Waals surface area contributed by atoms with Crippen LogP contribution in [-0.4, -0.2) is 92.3 Å². The normalized spacial score (nSPS) is 35.5. The van der Waals surface area contributed by atoms with E-state index in [1.165, 1.54) is 18.2 Å². The summed E-state index contributed by atoms with van der Waals surface area (Å²) in [5, 5.41) is 59.7. The summed E-state index contributed by atoms with van der Waals surface area (Å²) in [5.74, 6) is -3.57. The van der Waals surface area contributed by atoms with Gasteiger partial charge in [0.25, 0.3) is 0 Å². The van der Waals surface area contributed by atoms with E-state index < -0.39 is 73.5 Å². The highest BCUT2D eigenvalue weighted by Gasteiger charge is 2.53. The smallest absolute Gasteiger partial charge is 0.334 e. The Balaban J connectivity index is 1.54. The molecule has 9 atom stereocenters. The molecule has 0 radical (unpaired) electrons. The Bertz CT molecular complexity index is 1080. The number of aliphatic carboxylic acids is 1. The van der Waals surface area contributed by atoms with Crippen LogP contribution in [0.1, 0.15) is 12.0 Å². The third kappa shape index (κ3) is 5.54. The molecule has 6 N–H and O–H groups in total. The maximum absolute atomic E-state index is 12.5. The van der Waals surface area contributed by atoms with Crippen molar-refractivity contribution >= 4 is 18.0 Å². The molecule has 2 fully saturated rings. The number of aliphatic hydroxyl groups excluding tert-OH is 4. The van der Waals surface area contributed by atoms with Crippen molar-refractivity contribution < 1.29 is 59.2 Å². The van der Waals surface area contributed by atoms with Gasteiger partial charge in [-0.15, -0.1) is 0 Å². The molecule has 4 rings (SSSR count). The molecule has 0 bridgehead atoms. The number of carboxylic acids is 1. The molecule has 37 heavy (non-hydrogen) atoms. The third-order valence-corrected chi connectivity index (χ3v) is 6.69. The lowest BCUT2D eigenvalue weighted by atomic mass is 9.85. The fourth-order valence-corrected chi connectivity index (χ4v) is 4.69. The summed E-state index contributed by atoms with van der Waals surface area (Å²) in [6.45, 7) is 3.14. The number of benzene rings is 1. The van der Waals surface area contributed by atoms with Crippen LogP contribution in [0.15, 0.2) is 54.3 Å². The van der Waals surface area contributed by atoms with Crippen LogP contribution in [0.2, 0.25) is 0 Å². The van der Waals surface area contributed by atoms with Gasteiger partial charge in [-0.25, -0.2) is 9.59 Å². The van der Waals surface area contributed by atoms with Gasteiger partial charge in [-0.2, -0.15) is 0 Å². The molecular formula is C25H28O12. The first kappa shape index (κ1) is 26.8. The Morgan fingerprint density at radius 2 is 1.81 bits per heavy atom. The van der Waals surface area contributed by atoms with E-state index in [4.69, 9.17) is 18.9 Å². The number of ether oxygens (including phenoxy) is 4. The monoisotopic (exact) mass is 520 g/mol. The largest absolute Gasteiger partial charge is 0.508 e. The average Bonchev–Trinajstić information content (AvgIpc) is 3.17. The van der Waals surface area contributed by atoms with E-state index in [-0.39, 0.29) is 23.3 Å². The molecule has 0 spiro atoms. The highest BCUT2D eigenvalue weighted by molar-refractivity contribution is 5.88. The zero-order valence-corrected chi connectivity index (χ0v) is 19.5. The SMILES string of the molecule is C=C1[C@H]2[C@H](O[C@H]3O[C@@H](CO)[C@@H](O)[C@@H](O)[C@H]3OC(=O)/C=C/c3ccc(O)cc3)OC=C(C(=O)O)[C@@H]2C[C@H]1O. The van der Waals surface area contributed by atoms with E-state index in [1.54, 1.807) is 12.1 Å². The molecule has 1 saturated carbocycles. The van der Waals surface area contributed by atoms with E-state index in [0.29, 0.717) is 5.56 Å². The Morgan fingerprint density at radius 1 is 1.11 bits per heavy atom. The van der Waals surface area contributed by atoms with Gasteiger partial charge in [-0.3, -0.25) is 0 Å². The van der Waals surface area contributed by atoms with Gasteiger partial charge in [0.1, 0.15) is 24.1 Å². The standard InChI is InChI=1S/C25H28O12/c1-11-16(28)8-14-15(23(32)33)10-34-24(19(11)14)37-25-22(21(31)20(30)17(9-26)35-25)36-18(29)7-4-12-2-5-13(27)6-3-12/h2-7,10,14,16-17,19-22,24-28,30-31H,1,8-9H2,(H,32,33)/b7-4+/t14-,16+,17-,19+,20+,21+,22+,24-,25+/m0/s1. The molecule has 2 aliphatic heterocycles. The van der Waals surface area contributed by atoms with E-state index in [0.717, 1.165) is 12.3 Å². The number of esters is 1. The van der Waals surface area contributed by atoms with E-state index in [2.05, 4.69) is 6.58 Å². The van der Waals surface area contributed by atoms with Crippen molar-refractivity contribution in [3.63, 3.8) is 0 Å². The Hall–Kier alpha value is -3.26. The molecule has 3 aliphatic rings. The zero-order chi connectivity index (χ0) is 26.9. The van der Waals surface area contributed by atoms with E-state index in [9.17, 15) is 40.2 Å². The topological polar surface area (TPSA) is 192 Å². The summed E-state index contributed by atoms with van der Waals surface area (Å²) in [5.41, 5.74) is 0.782. The number of phenols is 1. The fourth-order valence-electron chi connectivity index (χ4n) is 4.69. The van der Waals surface area contributed by atoms with Gasteiger partial charge in [0.15, 0.2) is 6.10 Å². The molecule has 200 valence electrons. The van der Waals surface area contributed by atoms with Crippen LogP contribution in [0.5, 0.6) is 5.75 Å². The number of carboxylic acid groups (broad SMARTS) is 1. The Labute approximate surface area is 211 Å². The van der Waals surface area contributed by atoms with Gasteiger partial charge in [0.2, 0.25) is 12.6 Å². The van der Waals surface area contributed by atoms with E-state index >= 15 is 0 Å². The van der Waals surface area contributed by atoms with Crippen molar-refractivity contribution in [1.82, 2.24) is 0 Å². The molecule has 1 aliphatic carbocycles. The van der Waals surface area contributed by atoms with Crippen LogP contribution < -0.4 is 0 Å². The summed E-state index contributed by atoms with van der Waals surface area (Å²) < 4.78 is 22.3. The number of rotatable bonds is 7. The lowest BCUT2D eigenvalue weighted by Gasteiger charge is -2.43. The molecule has 12 heteroatoms. The zero-order valence-electron chi connectivity index (χ0n) is 19.5. The van der Waals surface area contributed by atoms with Crippen LogP contribution in [0.3, 0.4) is 0 Å². The maximum atomic E-state index is 12.5. The molecule has 1 aromatic rings. The number of carbonyl (C=O) groups excluding carboxylic acids is 1. The second-order valence-corrected chi connectivity index (χ2v) is 9.01. The van der Waals surface area contributed by atoms with Crippen molar-refractivity contribution in [2.45, 2.75) is 49.5 Å². The molecule has 0 amide bonds. The van der Waals surface area contributed by atoms with E-state index in [1.807, 2.05) is 0 Å². The molecule has 1 aromatic carbocycles. The number of hydrogen-bond donors (Lipinski definition) is 6. The van der Waals surface area contributed by atoms with Crippen LogP contribution in [-0.2, 0) is 28.5 Å². The molecule has 0 aromatic heterocycles. The molecule has 2 heterocycles. The lowest BCUT2D eigenvalue weighted by Crippen LogP contribution is -2.61. The van der Waals surface area contributed by atoms with Gasteiger partial charge < -0.3 is 49.6 Å². The predicted octanol–water partition coefficient (Wildman–Crippen LogP) is -0.349. The van der Waals surface area contributed by atoms with Crippen molar-refractivity contribution in [2.75, 3.05) is 6.61 Å². The lowest BCUT2D eigenvalue weighted by molar-refractivity contribution is -0.340. The van der Waals surface area contributed by atoms with Crippen molar-refractivity contribution in [3.05, 3.63) is 59.9 Å². The Kier molecular flexibility index (Phi) is 7.97. The average molecular weight is 520 g/mol. The quantitative estimate of drug-likeness (QED) is 0.156. The summed E-state index contributed by atoms with van der Waals surface area (Å²) in [4.78, 5) is 24.2. The summed E-state index contributed by atoms with van der Waals surface area (Å²) >= 11 is 0. The summed E-state index contributed by atoms with van der Waals surface area (Å²) in [6, 6.07) is 5.96. The maximum Gasteiger partial charge on any atom is 0.334 e. The molecule has 0 unspecified atom stereocenters. The minimum absolute atomic E-state index is 0.0459. The number of hydrogen-bond acceptors (Lipinski definition) is 11. The molecule has 12 nitrogen and oxygen atoms in total. The van der Waals surface area contributed by atoms with Crippen LogP contribution in [0, 0.1) is 11.8 Å². The van der Waals surface area contributed by atoms with Crippen molar-refractivity contribution in [3.8, 4) is 5.75 Å². The first-order chi connectivity index (χ1) is 17.6. The fraction of sp³-hybridized carbons (Fsp3) is 0.440. The third-order valence-electron chi connectivity index (χ3n) is 6.69. The molecule has 1 saturated heterocycles. The van der Waals surface area contributed by atoms with Gasteiger partial charge in [0.05, 0.1) is 30.5 Å². The highest BCUT2D eigenvalue weighted by atomic mass is 16.8. The number of phenolic OH excluding ortho intramolecular Hbond substituents is 1. The van der Waals surface area contributed by atoms with Crippen LogP contribution >= 0.6 is 0 Å². The number of carbonyl (C=O) groups is 2. The molecular weight excluding hydrogens is 492 g/mol. The van der Waals surface area contributed by atoms with Crippen LogP contribution in [0.4, 0.5) is 0 Å². The second-order valence-electron chi connectivity index (χ2n) is 9.01. The highest BCUT2D eigenvalue weighted by Crippen LogP contribution is 2.46. The first-order valence-electron chi connectivity index (χ1n) is 11.5. The van der Waals surface area contributed by atoms with Crippen molar-refractivity contribution in [2.24, 2.45) is 11.8 Å². The van der Waals surface area contributed by atoms with Gasteiger partial charge in [-0.1, -0.05) is 18.7 Å². The summed E-state index contributed by atoms with van der Waals surface area (Å²) in [6.07, 6.45) is -6.44. The number of fused-ring (bicyclic) bond motifs is 1. The Morgan fingerprint density at radius 3 is 2.46 bits per heavy atom. The van der Waals surface area contributed by atoms with Gasteiger partial charge >= 0.3 is 11.9 Å². The number of aromatic hydroxyl groups is 1. The minimum Gasteiger partial charge on any atom is -0.508 e. The minimum atomic E-state index is -1.72. The van der Waals surface area contributed by atoms with Crippen LogP contribution in [0.25, 0.3) is 6.08 Å².